The molecule has 0 amide bonds. The smallest absolute Gasteiger partial charge is 0.0581 e. The van der Waals surface area contributed by atoms with Crippen molar-refractivity contribution in [3.63, 3.8) is 0 Å². The lowest BCUT2D eigenvalue weighted by atomic mass is 10.0. The Kier molecular flexibility index (Phi) is 4.16. The monoisotopic (exact) mass is 359 g/mol. The average Bonchev–Trinajstić information content (AvgIpc) is 2.75. The van der Waals surface area contributed by atoms with Crippen LogP contribution in [0.2, 0.25) is 0 Å². The van der Waals surface area contributed by atoms with Gasteiger partial charge in [0.2, 0.25) is 0 Å². The maximum Gasteiger partial charge on any atom is 0.0581 e. The normalized spacial score (nSPS) is 14.7. The third-order valence-corrected chi connectivity index (χ3v) is 6.00. The van der Waals surface area contributed by atoms with Crippen LogP contribution < -0.4 is 0 Å². The van der Waals surface area contributed by atoms with E-state index in [2.05, 4.69) is 61.3 Å². The summed E-state index contributed by atoms with van der Waals surface area (Å²) in [6.45, 7) is 2.19. The molecule has 0 aliphatic heterocycles. The number of pyridine rings is 1. The molecule has 2 rings (SSSR count). The van der Waals surface area contributed by atoms with E-state index in [1.54, 1.807) is 11.3 Å². The molecule has 1 nitrogen and oxygen atoms in total. The van der Waals surface area contributed by atoms with Crippen molar-refractivity contribution >= 4 is 43.2 Å². The summed E-state index contributed by atoms with van der Waals surface area (Å²) < 4.78 is 1.17. The zero-order valence-corrected chi connectivity index (χ0v) is 12.7. The maximum atomic E-state index is 4.40. The molecule has 0 aliphatic carbocycles. The fourth-order valence-electron chi connectivity index (χ4n) is 1.52. The molecule has 0 radical (unpaired) electrons. The zero-order valence-electron chi connectivity index (χ0n) is 8.73. The maximum absolute atomic E-state index is 4.40. The number of alkyl halides is 1. The second-order valence-electron chi connectivity index (χ2n) is 3.58. The van der Waals surface area contributed by atoms with E-state index >= 15 is 0 Å². The summed E-state index contributed by atoms with van der Waals surface area (Å²) in [6.07, 6.45) is 1.84. The quantitative estimate of drug-likeness (QED) is 0.690. The van der Waals surface area contributed by atoms with Crippen molar-refractivity contribution < 1.29 is 0 Å². The number of hydrogen-bond acceptors (Lipinski definition) is 2. The average molecular weight is 361 g/mol. The third kappa shape index (κ3) is 2.55. The molecule has 2 aromatic heterocycles. The number of nitrogens with zero attached hydrogens (tertiary/aromatic N) is 1. The van der Waals surface area contributed by atoms with E-state index < -0.39 is 0 Å². The highest BCUT2D eigenvalue weighted by Crippen LogP contribution is 2.42. The Morgan fingerprint density at radius 2 is 2.12 bits per heavy atom. The van der Waals surface area contributed by atoms with Crippen LogP contribution in [0, 0.1) is 0 Å². The Morgan fingerprint density at radius 1 is 1.31 bits per heavy atom. The number of halogens is 2. The lowest BCUT2D eigenvalue weighted by molar-refractivity contribution is 0.731. The molecule has 0 aliphatic rings. The molecule has 0 saturated heterocycles. The largest absolute Gasteiger partial charge is 0.261 e. The van der Waals surface area contributed by atoms with Gasteiger partial charge in [-0.1, -0.05) is 28.9 Å². The number of aromatic nitrogens is 1. The lowest BCUT2D eigenvalue weighted by Gasteiger charge is -2.17. The molecule has 2 atom stereocenters. The predicted octanol–water partition coefficient (Wildman–Crippen LogP) is 5.15. The van der Waals surface area contributed by atoms with Crippen LogP contribution in [0.25, 0.3) is 0 Å². The summed E-state index contributed by atoms with van der Waals surface area (Å²) >= 11 is 9.09. The van der Waals surface area contributed by atoms with Gasteiger partial charge >= 0.3 is 0 Å². The van der Waals surface area contributed by atoms with Gasteiger partial charge < -0.3 is 0 Å². The van der Waals surface area contributed by atoms with Crippen molar-refractivity contribution in [3.05, 3.63) is 50.9 Å². The van der Waals surface area contributed by atoms with Crippen molar-refractivity contribution in [1.29, 1.82) is 0 Å². The summed E-state index contributed by atoms with van der Waals surface area (Å²) in [7, 11) is 0. The molecule has 0 aromatic carbocycles. The summed E-state index contributed by atoms with van der Waals surface area (Å²) in [5, 5.41) is 2.10. The van der Waals surface area contributed by atoms with Crippen LogP contribution in [0.1, 0.15) is 28.2 Å². The molecule has 0 bridgehead atoms. The molecule has 2 aromatic rings. The van der Waals surface area contributed by atoms with Crippen LogP contribution >= 0.6 is 43.2 Å². The van der Waals surface area contributed by atoms with Gasteiger partial charge in [0.25, 0.3) is 0 Å². The van der Waals surface area contributed by atoms with E-state index in [4.69, 9.17) is 0 Å². The summed E-state index contributed by atoms with van der Waals surface area (Å²) in [5.74, 6) is 0.358. The van der Waals surface area contributed by atoms with Gasteiger partial charge in [-0.15, -0.1) is 11.3 Å². The van der Waals surface area contributed by atoms with Crippen molar-refractivity contribution in [2.45, 2.75) is 17.7 Å². The molecule has 16 heavy (non-hydrogen) atoms. The lowest BCUT2D eigenvalue weighted by Crippen LogP contribution is -2.02. The van der Waals surface area contributed by atoms with Crippen molar-refractivity contribution in [2.24, 2.45) is 0 Å². The Hall–Kier alpha value is -0.190. The van der Waals surface area contributed by atoms with E-state index in [1.165, 1.54) is 9.35 Å². The minimum Gasteiger partial charge on any atom is -0.261 e. The Bertz CT molecular complexity index is 455. The van der Waals surface area contributed by atoms with E-state index in [0.29, 0.717) is 10.7 Å². The van der Waals surface area contributed by atoms with E-state index in [0.717, 1.165) is 5.69 Å². The number of thiophene rings is 1. The minimum absolute atomic E-state index is 0.303. The summed E-state index contributed by atoms with van der Waals surface area (Å²) in [4.78, 5) is 6.02. The van der Waals surface area contributed by atoms with Gasteiger partial charge in [0, 0.05) is 27.2 Å². The molecule has 0 spiro atoms. The van der Waals surface area contributed by atoms with Gasteiger partial charge in [-0.2, -0.15) is 0 Å². The molecule has 2 heterocycles. The molecule has 0 fully saturated rings. The number of hydrogen-bond donors (Lipinski definition) is 0. The first-order chi connectivity index (χ1) is 7.70. The van der Waals surface area contributed by atoms with E-state index in [1.807, 2.05) is 18.3 Å². The molecular formula is C12H11Br2NS. The molecule has 4 heteroatoms. The highest BCUT2D eigenvalue weighted by Gasteiger charge is 2.21. The molecular weight excluding hydrogens is 350 g/mol. The fraction of sp³-hybridized carbons (Fsp3) is 0.250. The van der Waals surface area contributed by atoms with Gasteiger partial charge in [-0.05, 0) is 39.5 Å². The van der Waals surface area contributed by atoms with Crippen molar-refractivity contribution in [2.75, 3.05) is 0 Å². The first-order valence-corrected chi connectivity index (χ1v) is 7.57. The Morgan fingerprint density at radius 3 is 2.69 bits per heavy atom. The highest BCUT2D eigenvalue weighted by atomic mass is 79.9. The SMILES string of the molecule is CC(c1ccccn1)C(Br)c1sccc1Br. The van der Waals surface area contributed by atoms with E-state index in [-0.39, 0.29) is 0 Å². The Balaban J connectivity index is 2.23. The topological polar surface area (TPSA) is 12.9 Å². The third-order valence-electron chi connectivity index (χ3n) is 2.49. The molecule has 0 N–H and O–H groups in total. The van der Waals surface area contributed by atoms with Gasteiger partial charge in [0.05, 0.1) is 4.83 Å². The van der Waals surface area contributed by atoms with Crippen LogP contribution in [0.15, 0.2) is 40.3 Å². The molecule has 0 saturated carbocycles. The number of rotatable bonds is 3. The fourth-order valence-corrected chi connectivity index (χ4v) is 4.37. The van der Waals surface area contributed by atoms with Crippen molar-refractivity contribution in [1.82, 2.24) is 4.98 Å². The van der Waals surface area contributed by atoms with Crippen molar-refractivity contribution in [3.8, 4) is 0 Å². The predicted molar refractivity (Wildman–Crippen MR) is 76.3 cm³/mol. The highest BCUT2D eigenvalue weighted by molar-refractivity contribution is 9.11. The van der Waals surface area contributed by atoms with Crippen LogP contribution in [-0.2, 0) is 0 Å². The van der Waals surface area contributed by atoms with Gasteiger partial charge in [0.1, 0.15) is 0 Å². The minimum atomic E-state index is 0.303. The van der Waals surface area contributed by atoms with Crippen LogP contribution in [0.5, 0.6) is 0 Å². The van der Waals surface area contributed by atoms with Gasteiger partial charge in [-0.3, -0.25) is 4.98 Å². The molecule has 2 unspecified atom stereocenters. The molecule has 84 valence electrons. The zero-order chi connectivity index (χ0) is 11.5. The summed E-state index contributed by atoms with van der Waals surface area (Å²) in [6, 6.07) is 8.13. The van der Waals surface area contributed by atoms with Crippen LogP contribution in [0.3, 0.4) is 0 Å². The van der Waals surface area contributed by atoms with E-state index in [9.17, 15) is 0 Å². The second-order valence-corrected chi connectivity index (χ2v) is 6.37. The first kappa shape index (κ1) is 12.3. The second kappa shape index (κ2) is 5.43. The standard InChI is InChI=1S/C12H11Br2NS/c1-8(10-4-2-3-6-15-10)11(14)12-9(13)5-7-16-12/h2-8,11H,1H3. The van der Waals surface area contributed by atoms with Crippen LogP contribution in [-0.4, -0.2) is 4.98 Å². The van der Waals surface area contributed by atoms with Gasteiger partial charge in [-0.25, -0.2) is 0 Å². The summed E-state index contributed by atoms with van der Waals surface area (Å²) in [5.41, 5.74) is 1.12. The Labute approximate surface area is 116 Å². The van der Waals surface area contributed by atoms with Gasteiger partial charge in [0.15, 0.2) is 0 Å². The van der Waals surface area contributed by atoms with Crippen LogP contribution in [0.4, 0.5) is 0 Å². The first-order valence-electron chi connectivity index (χ1n) is 4.98.